The van der Waals surface area contributed by atoms with E-state index in [9.17, 15) is 19.2 Å². The van der Waals surface area contributed by atoms with Gasteiger partial charge in [0.2, 0.25) is 11.8 Å². The molecule has 0 spiro atoms. The highest BCUT2D eigenvalue weighted by molar-refractivity contribution is 7.80. The summed E-state index contributed by atoms with van der Waals surface area (Å²) in [6.45, 7) is 13.6. The zero-order chi connectivity index (χ0) is 30.3. The number of carbonyl (C=O) groups excluding carboxylic acids is 4. The van der Waals surface area contributed by atoms with Gasteiger partial charge in [-0.1, -0.05) is 50.8 Å². The van der Waals surface area contributed by atoms with Crippen LogP contribution in [0, 0.1) is 13.8 Å². The van der Waals surface area contributed by atoms with Crippen LogP contribution in [0.4, 0.5) is 4.79 Å². The number of nitrogens with zero attached hydrogens (tertiary/aromatic N) is 1. The van der Waals surface area contributed by atoms with Crippen LogP contribution >= 0.6 is 12.6 Å². The molecule has 1 aromatic carbocycles. The number of aryl methyl sites for hydroxylation is 2. The Hall–Kier alpha value is -2.75. The molecule has 2 atom stereocenters. The van der Waals surface area contributed by atoms with Crippen molar-refractivity contribution >= 4 is 36.5 Å². The number of nitrogens with one attached hydrogen (secondary N) is 2. The van der Waals surface area contributed by atoms with E-state index in [0.717, 1.165) is 36.8 Å². The number of hydrogen-bond donors (Lipinski definition) is 3. The van der Waals surface area contributed by atoms with Gasteiger partial charge in [0.25, 0.3) is 0 Å². The minimum absolute atomic E-state index is 0.0175. The van der Waals surface area contributed by atoms with Crippen molar-refractivity contribution in [2.45, 2.75) is 105 Å². The first-order valence-electron chi connectivity index (χ1n) is 14.3. The van der Waals surface area contributed by atoms with Crippen LogP contribution in [-0.4, -0.2) is 65.9 Å². The van der Waals surface area contributed by atoms with Gasteiger partial charge in [-0.2, -0.15) is 12.6 Å². The highest BCUT2D eigenvalue weighted by Gasteiger charge is 2.35. The standard InChI is InChI=1S/C30H49N3O6S/c1-8-10-11-12-13-18-33(28(36)24(20-40)32-29(37)39-30(5,6)7)26(23-15-14-21(3)22(4)19-23)27(35)31-17-16-25(34)38-9-2/h14-15,19,24,26,40H,8-13,16-18,20H2,1-7H3,(H,31,35)(H,32,37). The summed E-state index contributed by atoms with van der Waals surface area (Å²) >= 11 is 4.34. The largest absolute Gasteiger partial charge is 0.466 e. The second-order valence-electron chi connectivity index (χ2n) is 10.9. The SMILES string of the molecule is CCCCCCCN(C(=O)C(CS)NC(=O)OC(C)(C)C)C(C(=O)NCCC(=O)OCC)c1ccc(C)c(C)c1. The third kappa shape index (κ3) is 12.6. The highest BCUT2D eigenvalue weighted by atomic mass is 32.1. The predicted octanol–water partition coefficient (Wildman–Crippen LogP) is 5.04. The summed E-state index contributed by atoms with van der Waals surface area (Å²) in [6.07, 6.45) is 4.06. The van der Waals surface area contributed by atoms with Crippen LogP contribution in [0.1, 0.15) is 95.9 Å². The summed E-state index contributed by atoms with van der Waals surface area (Å²) in [7, 11) is 0. The topological polar surface area (TPSA) is 114 Å². The van der Waals surface area contributed by atoms with Crippen molar-refractivity contribution in [1.29, 1.82) is 0 Å². The zero-order valence-corrected chi connectivity index (χ0v) is 26.2. The van der Waals surface area contributed by atoms with E-state index < -0.39 is 41.6 Å². The summed E-state index contributed by atoms with van der Waals surface area (Å²) in [5, 5.41) is 5.45. The fraction of sp³-hybridized carbons (Fsp3) is 0.667. The first kappa shape index (κ1) is 35.3. The summed E-state index contributed by atoms with van der Waals surface area (Å²) in [5.41, 5.74) is 1.94. The summed E-state index contributed by atoms with van der Waals surface area (Å²) in [4.78, 5) is 53.6. The van der Waals surface area contributed by atoms with Gasteiger partial charge in [-0.25, -0.2) is 4.79 Å². The lowest BCUT2D eigenvalue weighted by Crippen LogP contribution is -2.54. The molecule has 0 bridgehead atoms. The van der Waals surface area contributed by atoms with Gasteiger partial charge < -0.3 is 25.0 Å². The molecule has 10 heteroatoms. The van der Waals surface area contributed by atoms with Crippen molar-refractivity contribution in [3.05, 3.63) is 34.9 Å². The van der Waals surface area contributed by atoms with Crippen LogP contribution < -0.4 is 10.6 Å². The first-order valence-corrected chi connectivity index (χ1v) is 14.9. The van der Waals surface area contributed by atoms with Gasteiger partial charge in [0.1, 0.15) is 17.7 Å². The maximum atomic E-state index is 14.0. The molecule has 0 saturated heterocycles. The molecule has 9 nitrogen and oxygen atoms in total. The lowest BCUT2D eigenvalue weighted by molar-refractivity contribution is -0.144. The molecule has 0 aliphatic rings. The van der Waals surface area contributed by atoms with Crippen molar-refractivity contribution in [1.82, 2.24) is 15.5 Å². The average molecular weight is 580 g/mol. The number of unbranched alkanes of at least 4 members (excludes halogenated alkanes) is 4. The third-order valence-corrected chi connectivity index (χ3v) is 6.66. The molecule has 226 valence electrons. The number of carbonyl (C=O) groups is 4. The van der Waals surface area contributed by atoms with Crippen LogP contribution in [0.2, 0.25) is 0 Å². The third-order valence-electron chi connectivity index (χ3n) is 6.30. The molecule has 0 aromatic heterocycles. The fourth-order valence-electron chi connectivity index (χ4n) is 4.11. The Morgan fingerprint density at radius 1 is 1.00 bits per heavy atom. The Labute approximate surface area is 245 Å². The van der Waals surface area contributed by atoms with Crippen LogP contribution in [0.3, 0.4) is 0 Å². The van der Waals surface area contributed by atoms with Gasteiger partial charge in [0.05, 0.1) is 13.0 Å². The smallest absolute Gasteiger partial charge is 0.408 e. The number of esters is 1. The molecule has 1 rings (SSSR count). The number of alkyl carbamates (subject to hydrolysis) is 1. The van der Waals surface area contributed by atoms with E-state index in [4.69, 9.17) is 9.47 Å². The molecule has 0 fully saturated rings. The van der Waals surface area contributed by atoms with Crippen molar-refractivity contribution in [2.75, 3.05) is 25.4 Å². The van der Waals surface area contributed by atoms with Crippen LogP contribution in [-0.2, 0) is 23.9 Å². The molecule has 2 N–H and O–H groups in total. The summed E-state index contributed by atoms with van der Waals surface area (Å²) in [6, 6.07) is 3.69. The number of hydrogen-bond acceptors (Lipinski definition) is 7. The second kappa shape index (κ2) is 17.8. The fourth-order valence-corrected chi connectivity index (χ4v) is 4.36. The first-order chi connectivity index (χ1) is 18.8. The molecular weight excluding hydrogens is 530 g/mol. The van der Waals surface area contributed by atoms with E-state index >= 15 is 0 Å². The molecule has 2 unspecified atom stereocenters. The quantitative estimate of drug-likeness (QED) is 0.144. The molecule has 0 saturated carbocycles. The van der Waals surface area contributed by atoms with Gasteiger partial charge in [-0.05, 0) is 64.7 Å². The minimum Gasteiger partial charge on any atom is -0.466 e. The van der Waals surface area contributed by atoms with Gasteiger partial charge in [-0.15, -0.1) is 0 Å². The lowest BCUT2D eigenvalue weighted by atomic mass is 9.98. The van der Waals surface area contributed by atoms with Crippen LogP contribution in [0.5, 0.6) is 0 Å². The number of benzene rings is 1. The highest BCUT2D eigenvalue weighted by Crippen LogP contribution is 2.26. The number of thiol groups is 1. The Morgan fingerprint density at radius 3 is 2.25 bits per heavy atom. The Balaban J connectivity index is 3.38. The average Bonchev–Trinajstić information content (AvgIpc) is 2.87. The van der Waals surface area contributed by atoms with Crippen molar-refractivity contribution in [3.63, 3.8) is 0 Å². The lowest BCUT2D eigenvalue weighted by Gasteiger charge is -2.34. The second-order valence-corrected chi connectivity index (χ2v) is 11.3. The molecule has 0 heterocycles. The van der Waals surface area contributed by atoms with Crippen LogP contribution in [0.15, 0.2) is 18.2 Å². The van der Waals surface area contributed by atoms with Gasteiger partial charge >= 0.3 is 12.1 Å². The molecule has 3 amide bonds. The van der Waals surface area contributed by atoms with Crippen molar-refractivity contribution < 1.29 is 28.7 Å². The number of amides is 3. The van der Waals surface area contributed by atoms with E-state index in [0.29, 0.717) is 18.5 Å². The van der Waals surface area contributed by atoms with E-state index in [1.54, 1.807) is 27.7 Å². The molecule has 0 radical (unpaired) electrons. The molecular formula is C30H49N3O6S. The van der Waals surface area contributed by atoms with Crippen LogP contribution in [0.25, 0.3) is 0 Å². The summed E-state index contributed by atoms with van der Waals surface area (Å²) in [5.74, 6) is -1.23. The minimum atomic E-state index is -1.00. The van der Waals surface area contributed by atoms with Crippen molar-refractivity contribution in [3.8, 4) is 0 Å². The molecule has 1 aromatic rings. The van der Waals surface area contributed by atoms with Gasteiger partial charge in [0, 0.05) is 18.8 Å². The van der Waals surface area contributed by atoms with E-state index in [-0.39, 0.29) is 25.3 Å². The van der Waals surface area contributed by atoms with Crippen molar-refractivity contribution in [2.24, 2.45) is 0 Å². The zero-order valence-electron chi connectivity index (χ0n) is 25.3. The normalized spacial score (nSPS) is 12.7. The van der Waals surface area contributed by atoms with Gasteiger partial charge in [0.15, 0.2) is 0 Å². The maximum Gasteiger partial charge on any atom is 0.408 e. The Morgan fingerprint density at radius 2 is 1.68 bits per heavy atom. The van der Waals surface area contributed by atoms with E-state index in [1.165, 1.54) is 4.90 Å². The Kier molecular flexibility index (Phi) is 15.7. The molecule has 40 heavy (non-hydrogen) atoms. The number of rotatable bonds is 16. The van der Waals surface area contributed by atoms with Gasteiger partial charge in [-0.3, -0.25) is 14.4 Å². The molecule has 0 aliphatic carbocycles. The maximum absolute atomic E-state index is 14.0. The monoisotopic (exact) mass is 579 g/mol. The predicted molar refractivity (Wildman–Crippen MR) is 160 cm³/mol. The number of ether oxygens (including phenoxy) is 2. The summed E-state index contributed by atoms with van der Waals surface area (Å²) < 4.78 is 10.3. The molecule has 0 aliphatic heterocycles. The van der Waals surface area contributed by atoms with E-state index in [1.807, 2.05) is 32.0 Å². The Bertz CT molecular complexity index is 979. The van der Waals surface area contributed by atoms with E-state index in [2.05, 4.69) is 30.2 Å².